The molecule has 0 saturated carbocycles. The van der Waals surface area contributed by atoms with Gasteiger partial charge in [-0.25, -0.2) is 0 Å². The van der Waals surface area contributed by atoms with Crippen molar-refractivity contribution in [2.45, 2.75) is 25.8 Å². The predicted molar refractivity (Wildman–Crippen MR) is 78.2 cm³/mol. The summed E-state index contributed by atoms with van der Waals surface area (Å²) < 4.78 is 0. The van der Waals surface area contributed by atoms with Crippen LogP contribution in [-0.4, -0.2) is 19.0 Å². The molecule has 1 amide bonds. The molecule has 5 heteroatoms. The number of carbonyl (C=O) groups excluding carboxylic acids is 1. The second-order valence-electron chi connectivity index (χ2n) is 5.19. The SMILES string of the molecule is C[C@H](N)c1ccc(N2CCCC(C(N)=O)C2)c(Cl)c1. The van der Waals surface area contributed by atoms with Gasteiger partial charge in [0.15, 0.2) is 0 Å². The van der Waals surface area contributed by atoms with E-state index in [0.29, 0.717) is 11.6 Å². The molecule has 1 aromatic rings. The first-order valence-corrected chi connectivity index (χ1v) is 6.96. The Morgan fingerprint density at radius 3 is 2.84 bits per heavy atom. The standard InChI is InChI=1S/C14H20ClN3O/c1-9(16)10-4-5-13(12(15)7-10)18-6-2-3-11(8-18)14(17)19/h4-5,7,9,11H,2-3,6,8,16H2,1H3,(H2,17,19)/t9-,11?/m0/s1. The van der Waals surface area contributed by atoms with Crippen LogP contribution in [0.3, 0.4) is 0 Å². The van der Waals surface area contributed by atoms with E-state index in [9.17, 15) is 4.79 Å². The van der Waals surface area contributed by atoms with Crippen molar-refractivity contribution < 1.29 is 4.79 Å². The number of nitrogens with zero attached hydrogens (tertiary/aromatic N) is 1. The maximum absolute atomic E-state index is 11.3. The average Bonchev–Trinajstić information content (AvgIpc) is 2.38. The lowest BCUT2D eigenvalue weighted by atomic mass is 9.97. The molecule has 2 rings (SSSR count). The number of hydrogen-bond donors (Lipinski definition) is 2. The minimum Gasteiger partial charge on any atom is -0.370 e. The quantitative estimate of drug-likeness (QED) is 0.891. The Morgan fingerprint density at radius 2 is 2.26 bits per heavy atom. The number of carbonyl (C=O) groups is 1. The number of hydrogen-bond acceptors (Lipinski definition) is 3. The third kappa shape index (κ3) is 3.19. The van der Waals surface area contributed by atoms with E-state index in [4.69, 9.17) is 23.1 Å². The van der Waals surface area contributed by atoms with Gasteiger partial charge in [0.05, 0.1) is 16.6 Å². The first kappa shape index (κ1) is 14.2. The molecule has 19 heavy (non-hydrogen) atoms. The minimum atomic E-state index is -0.229. The van der Waals surface area contributed by atoms with Crippen LogP contribution in [0.4, 0.5) is 5.69 Å². The Kier molecular flexibility index (Phi) is 4.32. The van der Waals surface area contributed by atoms with Crippen LogP contribution in [0.15, 0.2) is 18.2 Å². The highest BCUT2D eigenvalue weighted by atomic mass is 35.5. The average molecular weight is 282 g/mol. The summed E-state index contributed by atoms with van der Waals surface area (Å²) in [6, 6.07) is 5.82. The molecule has 1 aromatic carbocycles. The molecular formula is C14H20ClN3O. The number of nitrogens with two attached hydrogens (primary N) is 2. The van der Waals surface area contributed by atoms with Crippen molar-refractivity contribution in [1.29, 1.82) is 0 Å². The van der Waals surface area contributed by atoms with Crippen LogP contribution >= 0.6 is 11.6 Å². The number of halogens is 1. The van der Waals surface area contributed by atoms with E-state index in [0.717, 1.165) is 30.6 Å². The van der Waals surface area contributed by atoms with Gasteiger partial charge < -0.3 is 16.4 Å². The molecule has 2 atom stereocenters. The third-order valence-electron chi connectivity index (χ3n) is 3.66. The molecule has 4 nitrogen and oxygen atoms in total. The predicted octanol–water partition coefficient (Wildman–Crippen LogP) is 2.06. The first-order chi connectivity index (χ1) is 8.99. The zero-order valence-electron chi connectivity index (χ0n) is 11.1. The Labute approximate surface area is 118 Å². The molecule has 0 spiro atoms. The van der Waals surface area contributed by atoms with Crippen molar-refractivity contribution in [1.82, 2.24) is 0 Å². The maximum atomic E-state index is 11.3. The van der Waals surface area contributed by atoms with Gasteiger partial charge in [0, 0.05) is 19.1 Å². The van der Waals surface area contributed by atoms with Crippen molar-refractivity contribution in [2.24, 2.45) is 17.4 Å². The Balaban J connectivity index is 2.19. The monoisotopic (exact) mass is 281 g/mol. The van der Waals surface area contributed by atoms with Crippen LogP contribution in [0.2, 0.25) is 5.02 Å². The van der Waals surface area contributed by atoms with Gasteiger partial charge >= 0.3 is 0 Å². The highest BCUT2D eigenvalue weighted by molar-refractivity contribution is 6.33. The normalized spacial score (nSPS) is 21.2. The van der Waals surface area contributed by atoms with E-state index < -0.39 is 0 Å². The summed E-state index contributed by atoms with van der Waals surface area (Å²) in [6.45, 7) is 3.48. The van der Waals surface area contributed by atoms with Gasteiger partial charge in [-0.3, -0.25) is 4.79 Å². The summed E-state index contributed by atoms with van der Waals surface area (Å²) in [5.74, 6) is -0.314. The highest BCUT2D eigenvalue weighted by Gasteiger charge is 2.25. The van der Waals surface area contributed by atoms with Crippen molar-refractivity contribution in [2.75, 3.05) is 18.0 Å². The maximum Gasteiger partial charge on any atom is 0.222 e. The molecule has 0 radical (unpaired) electrons. The van der Waals surface area contributed by atoms with Gasteiger partial charge in [0.1, 0.15) is 0 Å². The summed E-state index contributed by atoms with van der Waals surface area (Å²) in [6.07, 6.45) is 1.82. The first-order valence-electron chi connectivity index (χ1n) is 6.58. The molecule has 1 heterocycles. The minimum absolute atomic E-state index is 0.0359. The zero-order valence-corrected chi connectivity index (χ0v) is 11.9. The van der Waals surface area contributed by atoms with Crippen LogP contribution in [-0.2, 0) is 4.79 Å². The van der Waals surface area contributed by atoms with E-state index in [1.54, 1.807) is 0 Å². The van der Waals surface area contributed by atoms with Gasteiger partial charge in [0.25, 0.3) is 0 Å². The fourth-order valence-electron chi connectivity index (χ4n) is 2.49. The van der Waals surface area contributed by atoms with E-state index in [2.05, 4.69) is 4.90 Å². The van der Waals surface area contributed by atoms with Crippen LogP contribution in [0.5, 0.6) is 0 Å². The molecule has 0 bridgehead atoms. The molecule has 1 aliphatic heterocycles. The van der Waals surface area contributed by atoms with Gasteiger partial charge in [-0.05, 0) is 37.5 Å². The number of piperidine rings is 1. The molecule has 1 saturated heterocycles. The van der Waals surface area contributed by atoms with E-state index in [-0.39, 0.29) is 17.9 Å². The second kappa shape index (κ2) is 5.80. The van der Waals surface area contributed by atoms with E-state index in [1.807, 2.05) is 25.1 Å². The number of anilines is 1. The van der Waals surface area contributed by atoms with E-state index in [1.165, 1.54) is 0 Å². The lowest BCUT2D eigenvalue weighted by Crippen LogP contribution is -2.41. The summed E-state index contributed by atoms with van der Waals surface area (Å²) >= 11 is 6.32. The smallest absolute Gasteiger partial charge is 0.222 e. The molecule has 4 N–H and O–H groups in total. The fraction of sp³-hybridized carbons (Fsp3) is 0.500. The van der Waals surface area contributed by atoms with Crippen LogP contribution < -0.4 is 16.4 Å². The molecule has 1 unspecified atom stereocenters. The summed E-state index contributed by atoms with van der Waals surface area (Å²) in [5, 5.41) is 0.680. The molecule has 1 aliphatic rings. The fourth-order valence-corrected chi connectivity index (χ4v) is 2.80. The summed E-state index contributed by atoms with van der Waals surface area (Å²) in [4.78, 5) is 13.4. The number of amides is 1. The Bertz CT molecular complexity index is 476. The van der Waals surface area contributed by atoms with Gasteiger partial charge in [-0.15, -0.1) is 0 Å². The van der Waals surface area contributed by atoms with Gasteiger partial charge in [-0.1, -0.05) is 17.7 Å². The lowest BCUT2D eigenvalue weighted by Gasteiger charge is -2.33. The van der Waals surface area contributed by atoms with Crippen LogP contribution in [0, 0.1) is 5.92 Å². The topological polar surface area (TPSA) is 72.3 Å². The summed E-state index contributed by atoms with van der Waals surface area (Å²) in [5.41, 5.74) is 13.2. The molecule has 0 aliphatic carbocycles. The lowest BCUT2D eigenvalue weighted by molar-refractivity contribution is -0.122. The number of rotatable bonds is 3. The van der Waals surface area contributed by atoms with Crippen molar-refractivity contribution in [3.8, 4) is 0 Å². The number of benzene rings is 1. The Hall–Kier alpha value is -1.26. The molecule has 0 aromatic heterocycles. The highest BCUT2D eigenvalue weighted by Crippen LogP contribution is 2.31. The second-order valence-corrected chi connectivity index (χ2v) is 5.59. The van der Waals surface area contributed by atoms with Crippen LogP contribution in [0.1, 0.15) is 31.4 Å². The van der Waals surface area contributed by atoms with Gasteiger partial charge in [0.2, 0.25) is 5.91 Å². The van der Waals surface area contributed by atoms with Crippen molar-refractivity contribution >= 4 is 23.2 Å². The Morgan fingerprint density at radius 1 is 1.53 bits per heavy atom. The molecule has 1 fully saturated rings. The molecular weight excluding hydrogens is 262 g/mol. The zero-order chi connectivity index (χ0) is 14.0. The van der Waals surface area contributed by atoms with E-state index >= 15 is 0 Å². The third-order valence-corrected chi connectivity index (χ3v) is 3.96. The largest absolute Gasteiger partial charge is 0.370 e. The van der Waals surface area contributed by atoms with Gasteiger partial charge in [-0.2, -0.15) is 0 Å². The summed E-state index contributed by atoms with van der Waals surface area (Å²) in [7, 11) is 0. The number of primary amides is 1. The van der Waals surface area contributed by atoms with Crippen molar-refractivity contribution in [3.05, 3.63) is 28.8 Å². The molecule has 104 valence electrons. The van der Waals surface area contributed by atoms with Crippen molar-refractivity contribution in [3.63, 3.8) is 0 Å². The van der Waals surface area contributed by atoms with Crippen LogP contribution in [0.25, 0.3) is 0 Å².